The second-order valence-corrected chi connectivity index (χ2v) is 9.24. The summed E-state index contributed by atoms with van der Waals surface area (Å²) in [7, 11) is 3.11. The van der Waals surface area contributed by atoms with Crippen molar-refractivity contribution in [3.63, 3.8) is 0 Å². The Kier molecular flexibility index (Phi) is 5.49. The summed E-state index contributed by atoms with van der Waals surface area (Å²) in [6.07, 6.45) is 1.87. The average Bonchev–Trinajstić information content (AvgIpc) is 3.32. The molecule has 168 valence electrons. The van der Waals surface area contributed by atoms with E-state index in [9.17, 15) is 9.59 Å². The number of carbonyl (C=O) groups is 2. The van der Waals surface area contributed by atoms with Crippen LogP contribution in [0.5, 0.6) is 11.5 Å². The molecule has 8 heteroatoms. The molecule has 2 fully saturated rings. The second kappa shape index (κ2) is 8.31. The molecular formula is C24H25BrN2O5. The molecule has 0 unspecified atom stereocenters. The second-order valence-electron chi connectivity index (χ2n) is 8.39. The van der Waals surface area contributed by atoms with Gasteiger partial charge < -0.3 is 19.1 Å². The zero-order valence-corrected chi connectivity index (χ0v) is 19.6. The van der Waals surface area contributed by atoms with Gasteiger partial charge >= 0.3 is 6.09 Å². The lowest BCUT2D eigenvalue weighted by Gasteiger charge is -2.38. The van der Waals surface area contributed by atoms with Gasteiger partial charge in [-0.1, -0.05) is 24.3 Å². The summed E-state index contributed by atoms with van der Waals surface area (Å²) in [4.78, 5) is 29.7. The van der Waals surface area contributed by atoms with E-state index in [2.05, 4.69) is 28.1 Å². The first-order valence-electron chi connectivity index (χ1n) is 10.8. The molecule has 7 nitrogen and oxygen atoms in total. The summed E-state index contributed by atoms with van der Waals surface area (Å²) < 4.78 is 17.0. The van der Waals surface area contributed by atoms with Crippen molar-refractivity contribution >= 4 is 27.9 Å². The molecule has 2 saturated heterocycles. The smallest absolute Gasteiger partial charge is 0.411 e. The number of benzene rings is 2. The fourth-order valence-electron chi connectivity index (χ4n) is 5.19. The van der Waals surface area contributed by atoms with Crippen molar-refractivity contribution in [2.24, 2.45) is 0 Å². The van der Waals surface area contributed by atoms with Crippen molar-refractivity contribution in [1.29, 1.82) is 0 Å². The molecule has 1 aliphatic carbocycles. The maximum absolute atomic E-state index is 13.2. The molecule has 0 bridgehead atoms. The van der Waals surface area contributed by atoms with Crippen LogP contribution in [0.2, 0.25) is 0 Å². The molecule has 0 saturated carbocycles. The fraction of sp³-hybridized carbons (Fsp3) is 0.417. The third kappa shape index (κ3) is 3.41. The lowest BCUT2D eigenvalue weighted by molar-refractivity contribution is 0.0634. The maximum atomic E-state index is 13.2. The molecule has 2 aromatic carbocycles. The molecule has 0 spiro atoms. The lowest BCUT2D eigenvalue weighted by Crippen LogP contribution is -2.47. The first-order chi connectivity index (χ1) is 15.5. The molecular weight excluding hydrogens is 476 g/mol. The van der Waals surface area contributed by atoms with Crippen LogP contribution in [0.15, 0.2) is 40.9 Å². The van der Waals surface area contributed by atoms with Crippen LogP contribution in [0.3, 0.4) is 0 Å². The van der Waals surface area contributed by atoms with Gasteiger partial charge in [-0.3, -0.25) is 9.69 Å². The number of fused-ring (bicyclic) bond motifs is 3. The van der Waals surface area contributed by atoms with E-state index in [0.717, 1.165) is 19.3 Å². The number of carbonyl (C=O) groups excluding carboxylic acids is 2. The summed E-state index contributed by atoms with van der Waals surface area (Å²) in [5.41, 5.74) is 2.98. The van der Waals surface area contributed by atoms with Crippen molar-refractivity contribution in [2.75, 3.05) is 27.3 Å². The highest BCUT2D eigenvalue weighted by atomic mass is 79.9. The van der Waals surface area contributed by atoms with Gasteiger partial charge in [0.05, 0.1) is 25.8 Å². The topological polar surface area (TPSA) is 68.3 Å². The van der Waals surface area contributed by atoms with Crippen LogP contribution in [0.25, 0.3) is 0 Å². The minimum Gasteiger partial charge on any atom is -0.493 e. The van der Waals surface area contributed by atoms with Gasteiger partial charge in [-0.2, -0.15) is 0 Å². The van der Waals surface area contributed by atoms with E-state index in [1.54, 1.807) is 26.4 Å². The van der Waals surface area contributed by atoms with Crippen molar-refractivity contribution in [1.82, 2.24) is 9.80 Å². The molecule has 5 rings (SSSR count). The number of halogens is 1. The number of amides is 2. The Hall–Kier alpha value is -2.74. The predicted octanol–water partition coefficient (Wildman–Crippen LogP) is 4.19. The highest BCUT2D eigenvalue weighted by molar-refractivity contribution is 9.10. The number of nitrogens with zero attached hydrogens (tertiary/aromatic N) is 2. The highest BCUT2D eigenvalue weighted by Gasteiger charge is 2.50. The number of methoxy groups -OCH3 is 2. The first-order valence-corrected chi connectivity index (χ1v) is 11.6. The summed E-state index contributed by atoms with van der Waals surface area (Å²) in [6, 6.07) is 11.7. The fourth-order valence-corrected chi connectivity index (χ4v) is 5.68. The van der Waals surface area contributed by atoms with Gasteiger partial charge in [-0.05, 0) is 52.0 Å². The van der Waals surface area contributed by atoms with E-state index in [-0.39, 0.29) is 30.2 Å². The Bertz CT molecular complexity index is 1070. The SMILES string of the molecule is COc1cc(Br)c(C(=O)N2CCC(N3C(=O)O[C@H]4Cc5ccccc5[C@H]43)CC2)cc1OC. The molecule has 2 atom stereocenters. The van der Waals surface area contributed by atoms with Crippen LogP contribution in [0.1, 0.15) is 40.4 Å². The molecule has 2 heterocycles. The summed E-state index contributed by atoms with van der Waals surface area (Å²) >= 11 is 3.49. The molecule has 2 aliphatic heterocycles. The van der Waals surface area contributed by atoms with E-state index < -0.39 is 0 Å². The third-order valence-corrected chi connectivity index (χ3v) is 7.41. The van der Waals surface area contributed by atoms with Crippen molar-refractivity contribution < 1.29 is 23.8 Å². The number of piperidine rings is 1. The minimum absolute atomic E-state index is 0.0223. The monoisotopic (exact) mass is 500 g/mol. The average molecular weight is 501 g/mol. The summed E-state index contributed by atoms with van der Waals surface area (Å²) in [5.74, 6) is 1.01. The largest absolute Gasteiger partial charge is 0.493 e. The summed E-state index contributed by atoms with van der Waals surface area (Å²) in [6.45, 7) is 1.15. The number of ether oxygens (including phenoxy) is 3. The number of likely N-dealkylation sites (tertiary alicyclic amines) is 1. The first kappa shape index (κ1) is 21.1. The van der Waals surface area contributed by atoms with Gasteiger partial charge in [0.25, 0.3) is 5.91 Å². The van der Waals surface area contributed by atoms with Crippen LogP contribution in [0, 0.1) is 0 Å². The van der Waals surface area contributed by atoms with Crippen LogP contribution in [-0.2, 0) is 11.2 Å². The van der Waals surface area contributed by atoms with Crippen LogP contribution < -0.4 is 9.47 Å². The summed E-state index contributed by atoms with van der Waals surface area (Å²) in [5, 5.41) is 0. The van der Waals surface area contributed by atoms with Gasteiger partial charge in [0, 0.05) is 30.0 Å². The highest BCUT2D eigenvalue weighted by Crippen LogP contribution is 2.45. The zero-order valence-electron chi connectivity index (χ0n) is 18.0. The quantitative estimate of drug-likeness (QED) is 0.629. The van der Waals surface area contributed by atoms with Gasteiger partial charge in [-0.25, -0.2) is 4.79 Å². The van der Waals surface area contributed by atoms with Gasteiger partial charge in [-0.15, -0.1) is 0 Å². The minimum atomic E-state index is -0.234. The Balaban J connectivity index is 1.31. The number of hydrogen-bond acceptors (Lipinski definition) is 5. The Morgan fingerprint density at radius 3 is 2.50 bits per heavy atom. The molecule has 0 N–H and O–H groups in total. The van der Waals surface area contributed by atoms with Gasteiger partial charge in [0.1, 0.15) is 6.10 Å². The van der Waals surface area contributed by atoms with E-state index in [0.29, 0.717) is 34.6 Å². The number of hydrogen-bond donors (Lipinski definition) is 0. The van der Waals surface area contributed by atoms with Crippen molar-refractivity contribution in [3.8, 4) is 11.5 Å². The Morgan fingerprint density at radius 2 is 1.78 bits per heavy atom. The third-order valence-electron chi connectivity index (χ3n) is 6.76. The van der Waals surface area contributed by atoms with E-state index in [1.165, 1.54) is 11.1 Å². The van der Waals surface area contributed by atoms with E-state index >= 15 is 0 Å². The predicted molar refractivity (Wildman–Crippen MR) is 121 cm³/mol. The lowest BCUT2D eigenvalue weighted by atomic mass is 9.98. The standard InChI is InChI=1S/C24H25BrN2O5/c1-30-19-12-17(18(25)13-20(19)31-2)23(28)26-9-7-15(8-10-26)27-22-16-6-4-3-5-14(16)11-21(22)32-24(27)29/h3-6,12-13,15,21-22H,7-11H2,1-2H3/t21-,22+/m0/s1. The Morgan fingerprint density at radius 1 is 1.09 bits per heavy atom. The van der Waals surface area contributed by atoms with Gasteiger partial charge in [0.15, 0.2) is 11.5 Å². The van der Waals surface area contributed by atoms with Crippen LogP contribution in [0.4, 0.5) is 4.79 Å². The molecule has 3 aliphatic rings. The van der Waals surface area contributed by atoms with Crippen molar-refractivity contribution in [3.05, 3.63) is 57.6 Å². The van der Waals surface area contributed by atoms with E-state index in [1.807, 2.05) is 21.9 Å². The Labute approximate surface area is 195 Å². The van der Waals surface area contributed by atoms with Crippen LogP contribution >= 0.6 is 15.9 Å². The van der Waals surface area contributed by atoms with Crippen molar-refractivity contribution in [2.45, 2.75) is 37.5 Å². The van der Waals surface area contributed by atoms with Crippen LogP contribution in [-0.4, -0.2) is 61.3 Å². The zero-order chi connectivity index (χ0) is 22.4. The normalized spacial score (nSPS) is 22.4. The number of rotatable bonds is 4. The molecule has 0 radical (unpaired) electrons. The molecule has 2 amide bonds. The van der Waals surface area contributed by atoms with E-state index in [4.69, 9.17) is 14.2 Å². The van der Waals surface area contributed by atoms with Gasteiger partial charge in [0.2, 0.25) is 0 Å². The maximum Gasteiger partial charge on any atom is 0.411 e. The molecule has 2 aromatic rings. The molecule has 32 heavy (non-hydrogen) atoms. The molecule has 0 aromatic heterocycles.